The number of rotatable bonds is 8. The third kappa shape index (κ3) is 4.43. The molecule has 3 nitrogen and oxygen atoms in total. The summed E-state index contributed by atoms with van der Waals surface area (Å²) in [6.45, 7) is 8.65. The van der Waals surface area contributed by atoms with Gasteiger partial charge in [0.2, 0.25) is 0 Å². The van der Waals surface area contributed by atoms with Gasteiger partial charge in [-0.05, 0) is 43.4 Å². The molecule has 0 fully saturated rings. The third-order valence-corrected chi connectivity index (χ3v) is 3.91. The van der Waals surface area contributed by atoms with Gasteiger partial charge in [-0.3, -0.25) is 4.68 Å². The summed E-state index contributed by atoms with van der Waals surface area (Å²) in [4.78, 5) is 0. The quantitative estimate of drug-likeness (QED) is 0.799. The lowest BCUT2D eigenvalue weighted by molar-refractivity contribution is 0.384. The molecule has 21 heavy (non-hydrogen) atoms. The smallest absolute Gasteiger partial charge is 0.0521 e. The average Bonchev–Trinajstić information content (AvgIpc) is 2.96. The number of nitrogens with zero attached hydrogens (tertiary/aromatic N) is 2. The maximum atomic E-state index is 4.38. The molecule has 1 aromatic heterocycles. The van der Waals surface area contributed by atoms with Crippen molar-refractivity contribution in [1.82, 2.24) is 15.1 Å². The summed E-state index contributed by atoms with van der Waals surface area (Å²) >= 11 is 0. The summed E-state index contributed by atoms with van der Waals surface area (Å²) in [7, 11) is 0. The van der Waals surface area contributed by atoms with Crippen LogP contribution < -0.4 is 5.32 Å². The van der Waals surface area contributed by atoms with Crippen molar-refractivity contribution in [3.05, 3.63) is 53.9 Å². The van der Waals surface area contributed by atoms with E-state index in [0.717, 1.165) is 25.9 Å². The highest BCUT2D eigenvalue weighted by atomic mass is 15.3. The summed E-state index contributed by atoms with van der Waals surface area (Å²) in [5, 5.41) is 8.08. The van der Waals surface area contributed by atoms with Crippen LogP contribution in [-0.2, 0) is 13.0 Å². The molecule has 0 amide bonds. The minimum atomic E-state index is 0.399. The van der Waals surface area contributed by atoms with Gasteiger partial charge in [-0.1, -0.05) is 44.2 Å². The first-order valence-corrected chi connectivity index (χ1v) is 8.04. The maximum Gasteiger partial charge on any atom is 0.0521 e. The van der Waals surface area contributed by atoms with Crippen LogP contribution in [0.3, 0.4) is 0 Å². The van der Waals surface area contributed by atoms with Crippen LogP contribution in [0.1, 0.15) is 44.4 Å². The van der Waals surface area contributed by atoms with E-state index in [0.29, 0.717) is 12.0 Å². The molecular weight excluding hydrogens is 258 g/mol. The first kappa shape index (κ1) is 15.8. The first-order valence-electron chi connectivity index (χ1n) is 8.04. The van der Waals surface area contributed by atoms with Gasteiger partial charge in [0.1, 0.15) is 0 Å². The van der Waals surface area contributed by atoms with Gasteiger partial charge in [0.25, 0.3) is 0 Å². The van der Waals surface area contributed by atoms with Crippen molar-refractivity contribution in [1.29, 1.82) is 0 Å². The molecule has 0 aliphatic rings. The predicted molar refractivity (Wildman–Crippen MR) is 88.2 cm³/mol. The van der Waals surface area contributed by atoms with Crippen LogP contribution in [0.25, 0.3) is 0 Å². The largest absolute Gasteiger partial charge is 0.310 e. The zero-order valence-corrected chi connectivity index (χ0v) is 13.4. The number of aromatic nitrogens is 2. The minimum Gasteiger partial charge on any atom is -0.310 e. The van der Waals surface area contributed by atoms with Crippen molar-refractivity contribution in [3.8, 4) is 0 Å². The molecule has 1 heterocycles. The van der Waals surface area contributed by atoms with E-state index in [1.54, 1.807) is 0 Å². The molecule has 0 aliphatic heterocycles. The Morgan fingerprint density at radius 2 is 1.95 bits per heavy atom. The average molecular weight is 285 g/mol. The molecule has 2 unspecified atom stereocenters. The standard InChI is InChI=1S/C18H27N3/c1-4-11-19-18(17-9-7-6-8-10-17)15(3)12-16-13-20-21(5-2)14-16/h6-10,13-15,18-19H,4-5,11-12H2,1-3H3. The Morgan fingerprint density at radius 1 is 1.19 bits per heavy atom. The van der Waals surface area contributed by atoms with Crippen LogP contribution in [0.2, 0.25) is 0 Å². The summed E-state index contributed by atoms with van der Waals surface area (Å²) in [5.41, 5.74) is 2.70. The van der Waals surface area contributed by atoms with Crippen molar-refractivity contribution in [3.63, 3.8) is 0 Å². The van der Waals surface area contributed by atoms with Gasteiger partial charge in [-0.2, -0.15) is 5.10 Å². The predicted octanol–water partition coefficient (Wildman–Crippen LogP) is 3.82. The lowest BCUT2D eigenvalue weighted by atomic mass is 9.90. The third-order valence-electron chi connectivity index (χ3n) is 3.91. The monoisotopic (exact) mass is 285 g/mol. The molecule has 3 heteroatoms. The van der Waals surface area contributed by atoms with E-state index >= 15 is 0 Å². The Labute approximate surface area is 128 Å². The summed E-state index contributed by atoms with van der Waals surface area (Å²) in [5.74, 6) is 0.536. The van der Waals surface area contributed by atoms with Crippen LogP contribution in [0.5, 0.6) is 0 Å². The van der Waals surface area contributed by atoms with Crippen molar-refractivity contribution in [2.24, 2.45) is 5.92 Å². The van der Waals surface area contributed by atoms with Gasteiger partial charge in [-0.25, -0.2) is 0 Å². The number of hydrogen-bond donors (Lipinski definition) is 1. The van der Waals surface area contributed by atoms with Crippen molar-refractivity contribution >= 4 is 0 Å². The SMILES string of the molecule is CCCNC(c1ccccc1)C(C)Cc1cnn(CC)c1. The van der Waals surface area contributed by atoms with E-state index in [1.807, 2.05) is 10.9 Å². The fourth-order valence-corrected chi connectivity index (χ4v) is 2.78. The Bertz CT molecular complexity index is 518. The highest BCUT2D eigenvalue weighted by Crippen LogP contribution is 2.25. The highest BCUT2D eigenvalue weighted by molar-refractivity contribution is 5.20. The van der Waals surface area contributed by atoms with Crippen LogP contribution in [0.4, 0.5) is 0 Å². The molecule has 0 spiro atoms. The number of hydrogen-bond acceptors (Lipinski definition) is 2. The zero-order chi connectivity index (χ0) is 15.1. The summed E-state index contributed by atoms with van der Waals surface area (Å²) < 4.78 is 2.00. The van der Waals surface area contributed by atoms with E-state index in [1.165, 1.54) is 11.1 Å². The van der Waals surface area contributed by atoms with Gasteiger partial charge in [-0.15, -0.1) is 0 Å². The number of nitrogens with one attached hydrogen (secondary N) is 1. The Kier molecular flexibility index (Phi) is 6.00. The van der Waals surface area contributed by atoms with Crippen molar-refractivity contribution in [2.75, 3.05) is 6.54 Å². The summed E-state index contributed by atoms with van der Waals surface area (Å²) in [6, 6.07) is 11.2. The lowest BCUT2D eigenvalue weighted by Crippen LogP contribution is -2.28. The molecule has 0 bridgehead atoms. The van der Waals surface area contributed by atoms with Crippen LogP contribution in [-0.4, -0.2) is 16.3 Å². The first-order chi connectivity index (χ1) is 10.2. The molecule has 2 rings (SSSR count). The minimum absolute atomic E-state index is 0.399. The molecular formula is C18H27N3. The molecule has 2 aromatic rings. The zero-order valence-electron chi connectivity index (χ0n) is 13.4. The number of benzene rings is 1. The molecule has 114 valence electrons. The molecule has 0 saturated heterocycles. The Balaban J connectivity index is 2.08. The van der Waals surface area contributed by atoms with E-state index in [4.69, 9.17) is 0 Å². The van der Waals surface area contributed by atoms with Crippen LogP contribution in [0, 0.1) is 5.92 Å². The highest BCUT2D eigenvalue weighted by Gasteiger charge is 2.19. The van der Waals surface area contributed by atoms with Crippen molar-refractivity contribution in [2.45, 2.75) is 46.2 Å². The van der Waals surface area contributed by atoms with Crippen molar-refractivity contribution < 1.29 is 0 Å². The molecule has 1 aromatic carbocycles. The Hall–Kier alpha value is -1.61. The topological polar surface area (TPSA) is 29.9 Å². The molecule has 0 saturated carbocycles. The second kappa shape index (κ2) is 7.99. The van der Waals surface area contributed by atoms with E-state index in [-0.39, 0.29) is 0 Å². The molecule has 0 aliphatic carbocycles. The second-order valence-corrected chi connectivity index (χ2v) is 5.73. The molecule has 1 N–H and O–H groups in total. The van der Waals surface area contributed by atoms with Gasteiger partial charge in [0.15, 0.2) is 0 Å². The lowest BCUT2D eigenvalue weighted by Gasteiger charge is -2.25. The molecule has 2 atom stereocenters. The number of aryl methyl sites for hydroxylation is 1. The summed E-state index contributed by atoms with van der Waals surface area (Å²) in [6.07, 6.45) is 6.38. The Morgan fingerprint density at radius 3 is 2.57 bits per heavy atom. The van der Waals surface area contributed by atoms with E-state index < -0.39 is 0 Å². The van der Waals surface area contributed by atoms with Crippen LogP contribution >= 0.6 is 0 Å². The van der Waals surface area contributed by atoms with Gasteiger partial charge in [0.05, 0.1) is 6.20 Å². The molecule has 0 radical (unpaired) electrons. The van der Waals surface area contributed by atoms with E-state index in [2.05, 4.69) is 67.7 Å². The van der Waals surface area contributed by atoms with Gasteiger partial charge < -0.3 is 5.32 Å². The van der Waals surface area contributed by atoms with Gasteiger partial charge in [0, 0.05) is 18.8 Å². The maximum absolute atomic E-state index is 4.38. The second-order valence-electron chi connectivity index (χ2n) is 5.73. The fourth-order valence-electron chi connectivity index (χ4n) is 2.78. The van der Waals surface area contributed by atoms with Crippen LogP contribution in [0.15, 0.2) is 42.7 Å². The fraction of sp³-hybridized carbons (Fsp3) is 0.500. The van der Waals surface area contributed by atoms with Gasteiger partial charge >= 0.3 is 0 Å². The van der Waals surface area contributed by atoms with E-state index in [9.17, 15) is 0 Å². The normalized spacial score (nSPS) is 14.0.